The molecule has 1 aliphatic rings. The molecule has 28 heavy (non-hydrogen) atoms. The van der Waals surface area contributed by atoms with Crippen molar-refractivity contribution >= 4 is 16.7 Å². The number of primary amides is 1. The molecule has 2 heterocycles. The number of fused-ring (bicyclic) bond motifs is 1. The lowest BCUT2D eigenvalue weighted by Gasteiger charge is -2.29. The van der Waals surface area contributed by atoms with Crippen molar-refractivity contribution in [3.05, 3.63) is 53.7 Å². The molecule has 6 nitrogen and oxygen atoms in total. The van der Waals surface area contributed by atoms with Gasteiger partial charge in [0.1, 0.15) is 6.10 Å². The minimum Gasteiger partial charge on any atom is -0.471 e. The number of amides is 1. The van der Waals surface area contributed by atoms with Crippen molar-refractivity contribution in [1.82, 2.24) is 15.1 Å². The van der Waals surface area contributed by atoms with Crippen molar-refractivity contribution in [2.75, 3.05) is 20.1 Å². The van der Waals surface area contributed by atoms with Gasteiger partial charge in [-0.3, -0.25) is 4.79 Å². The lowest BCUT2D eigenvalue weighted by atomic mass is 9.96. The summed E-state index contributed by atoms with van der Waals surface area (Å²) in [4.78, 5) is 13.8. The summed E-state index contributed by atoms with van der Waals surface area (Å²) in [5.41, 5.74) is 9.00. The van der Waals surface area contributed by atoms with Gasteiger partial charge in [0.05, 0.1) is 6.20 Å². The topological polar surface area (TPSA) is 81.3 Å². The molecule has 0 aliphatic carbocycles. The molecular weight excluding hydrogens is 352 g/mol. The molecule has 4 rings (SSSR count). The summed E-state index contributed by atoms with van der Waals surface area (Å²) in [6.07, 6.45) is 4.03. The zero-order valence-corrected chi connectivity index (χ0v) is 16.2. The number of aromatic nitrogens is 2. The number of nitrogens with two attached hydrogens (primary N) is 1. The Morgan fingerprint density at radius 1 is 1.25 bits per heavy atom. The first kappa shape index (κ1) is 18.4. The summed E-state index contributed by atoms with van der Waals surface area (Å²) in [5.74, 6) is 0.146. The fourth-order valence-electron chi connectivity index (χ4n) is 3.78. The van der Waals surface area contributed by atoms with Crippen LogP contribution >= 0.6 is 0 Å². The summed E-state index contributed by atoms with van der Waals surface area (Å²) in [5, 5.41) is 10.3. The Morgan fingerprint density at radius 3 is 2.89 bits per heavy atom. The van der Waals surface area contributed by atoms with Crippen molar-refractivity contribution < 1.29 is 9.53 Å². The van der Waals surface area contributed by atoms with Gasteiger partial charge in [0.25, 0.3) is 0 Å². The van der Waals surface area contributed by atoms with Gasteiger partial charge in [0.15, 0.2) is 0 Å². The number of nitrogens with zero attached hydrogens (tertiary/aromatic N) is 3. The van der Waals surface area contributed by atoms with Crippen molar-refractivity contribution in [3.63, 3.8) is 0 Å². The molecule has 1 aliphatic heterocycles. The molecule has 1 unspecified atom stereocenters. The Kier molecular flexibility index (Phi) is 4.96. The van der Waals surface area contributed by atoms with Gasteiger partial charge in [-0.1, -0.05) is 12.1 Å². The maximum Gasteiger partial charge on any atom is 0.248 e. The predicted octanol–water partition coefficient (Wildman–Crippen LogP) is 3.18. The van der Waals surface area contributed by atoms with Crippen molar-refractivity contribution in [2.24, 2.45) is 5.73 Å². The van der Waals surface area contributed by atoms with E-state index in [0.29, 0.717) is 11.4 Å². The standard InChI is InChI=1S/C22H24N4O2/c1-14-5-6-16(21(23)27)11-20(14)15-7-8-19-17(10-15)12-24-25-22(19)28-18-4-3-9-26(2)13-18/h5-8,10-12,18H,3-4,9,13H2,1-2H3,(H2,23,27). The third-order valence-electron chi connectivity index (χ3n) is 5.32. The number of carbonyl (C=O) groups excluding carboxylic acids is 1. The zero-order valence-electron chi connectivity index (χ0n) is 16.2. The van der Waals surface area contributed by atoms with Gasteiger partial charge in [-0.05, 0) is 74.3 Å². The average Bonchev–Trinajstić information content (AvgIpc) is 2.68. The smallest absolute Gasteiger partial charge is 0.248 e. The predicted molar refractivity (Wildman–Crippen MR) is 109 cm³/mol. The van der Waals surface area contributed by atoms with Crippen molar-refractivity contribution in [2.45, 2.75) is 25.9 Å². The molecule has 3 aromatic rings. The van der Waals surface area contributed by atoms with E-state index in [4.69, 9.17) is 10.5 Å². The van der Waals surface area contributed by atoms with E-state index < -0.39 is 5.91 Å². The van der Waals surface area contributed by atoms with Crippen LogP contribution in [0.2, 0.25) is 0 Å². The van der Waals surface area contributed by atoms with Crippen molar-refractivity contribution in [1.29, 1.82) is 0 Å². The molecule has 2 aromatic carbocycles. The molecule has 1 amide bonds. The third-order valence-corrected chi connectivity index (χ3v) is 5.32. The molecule has 0 spiro atoms. The Bertz CT molecular complexity index is 1030. The van der Waals surface area contributed by atoms with Crippen LogP contribution in [0.25, 0.3) is 21.9 Å². The second kappa shape index (κ2) is 7.56. The molecule has 1 fully saturated rings. The van der Waals surface area contributed by atoms with Gasteiger partial charge < -0.3 is 15.4 Å². The number of likely N-dealkylation sites (tertiary alicyclic amines) is 1. The van der Waals surface area contributed by atoms with Crippen LogP contribution in [-0.2, 0) is 0 Å². The maximum atomic E-state index is 11.5. The maximum absolute atomic E-state index is 11.5. The normalized spacial score (nSPS) is 17.6. The van der Waals surface area contributed by atoms with E-state index in [2.05, 4.69) is 28.2 Å². The van der Waals surface area contributed by atoms with Gasteiger partial charge in [-0.2, -0.15) is 5.10 Å². The Labute approximate surface area is 164 Å². The number of hydrogen-bond donors (Lipinski definition) is 1. The molecule has 0 radical (unpaired) electrons. The molecule has 1 atom stereocenters. The Balaban J connectivity index is 1.69. The van der Waals surface area contributed by atoms with E-state index in [9.17, 15) is 4.79 Å². The number of piperidine rings is 1. The summed E-state index contributed by atoms with van der Waals surface area (Å²) < 4.78 is 6.18. The largest absolute Gasteiger partial charge is 0.471 e. The van der Waals surface area contributed by atoms with Crippen LogP contribution in [0, 0.1) is 6.92 Å². The first-order valence-corrected chi connectivity index (χ1v) is 9.53. The summed E-state index contributed by atoms with van der Waals surface area (Å²) in [6, 6.07) is 11.6. The second-order valence-corrected chi connectivity index (χ2v) is 7.49. The Hall–Kier alpha value is -2.99. The molecule has 0 saturated carbocycles. The molecule has 2 N–H and O–H groups in total. The van der Waals surface area contributed by atoms with Gasteiger partial charge in [-0.25, -0.2) is 0 Å². The van der Waals surface area contributed by atoms with Crippen LogP contribution in [-0.4, -0.2) is 47.2 Å². The molecule has 1 aromatic heterocycles. The van der Waals surface area contributed by atoms with Gasteiger partial charge in [0.2, 0.25) is 11.8 Å². The van der Waals surface area contributed by atoms with Gasteiger partial charge in [-0.15, -0.1) is 5.10 Å². The number of hydrogen-bond acceptors (Lipinski definition) is 5. The fraction of sp³-hybridized carbons (Fsp3) is 0.318. The van der Waals surface area contributed by atoms with E-state index in [1.165, 1.54) is 0 Å². The average molecular weight is 376 g/mol. The highest BCUT2D eigenvalue weighted by atomic mass is 16.5. The number of likely N-dealkylation sites (N-methyl/N-ethyl adjacent to an activating group) is 1. The fourth-order valence-corrected chi connectivity index (χ4v) is 3.78. The Morgan fingerprint density at radius 2 is 2.11 bits per heavy atom. The summed E-state index contributed by atoms with van der Waals surface area (Å²) in [7, 11) is 2.11. The van der Waals surface area contributed by atoms with Crippen LogP contribution in [0.3, 0.4) is 0 Å². The molecule has 144 valence electrons. The van der Waals surface area contributed by atoms with Crippen molar-refractivity contribution in [3.8, 4) is 17.0 Å². The van der Waals surface area contributed by atoms with Crippen LogP contribution in [0.1, 0.15) is 28.8 Å². The van der Waals surface area contributed by atoms with Crippen LogP contribution in [0.15, 0.2) is 42.6 Å². The molecule has 6 heteroatoms. The number of aryl methyl sites for hydroxylation is 1. The molecular formula is C22H24N4O2. The summed E-state index contributed by atoms with van der Waals surface area (Å²) >= 11 is 0. The summed E-state index contributed by atoms with van der Waals surface area (Å²) in [6.45, 7) is 4.02. The highest BCUT2D eigenvalue weighted by molar-refractivity contribution is 5.95. The minimum absolute atomic E-state index is 0.132. The van der Waals surface area contributed by atoms with Crippen LogP contribution in [0.5, 0.6) is 5.88 Å². The quantitative estimate of drug-likeness (QED) is 0.756. The highest BCUT2D eigenvalue weighted by Crippen LogP contribution is 2.31. The third kappa shape index (κ3) is 3.68. The monoisotopic (exact) mass is 376 g/mol. The molecule has 0 bridgehead atoms. The minimum atomic E-state index is -0.430. The lowest BCUT2D eigenvalue weighted by molar-refractivity contribution is 0.0998. The number of carbonyl (C=O) groups is 1. The molecule has 1 saturated heterocycles. The van der Waals surface area contributed by atoms with Gasteiger partial charge in [0, 0.05) is 22.9 Å². The number of benzene rings is 2. The van der Waals surface area contributed by atoms with E-state index >= 15 is 0 Å². The lowest BCUT2D eigenvalue weighted by Crippen LogP contribution is -2.38. The van der Waals surface area contributed by atoms with Crippen LogP contribution in [0.4, 0.5) is 0 Å². The first-order chi connectivity index (χ1) is 13.5. The highest BCUT2D eigenvalue weighted by Gasteiger charge is 2.20. The second-order valence-electron chi connectivity index (χ2n) is 7.49. The van der Waals surface area contributed by atoms with E-state index in [1.54, 1.807) is 12.3 Å². The van der Waals surface area contributed by atoms with Crippen LogP contribution < -0.4 is 10.5 Å². The number of ether oxygens (including phenoxy) is 1. The van der Waals surface area contributed by atoms with E-state index in [1.807, 2.05) is 31.2 Å². The van der Waals surface area contributed by atoms with E-state index in [-0.39, 0.29) is 6.10 Å². The SMILES string of the molecule is Cc1ccc(C(N)=O)cc1-c1ccc2c(OC3CCCN(C)C3)nncc2c1. The van der Waals surface area contributed by atoms with Gasteiger partial charge >= 0.3 is 0 Å². The number of rotatable bonds is 4. The zero-order chi connectivity index (χ0) is 19.7. The first-order valence-electron chi connectivity index (χ1n) is 9.53. The van der Waals surface area contributed by atoms with E-state index in [0.717, 1.165) is 53.4 Å².